The van der Waals surface area contributed by atoms with E-state index in [-0.39, 0.29) is 11.8 Å². The summed E-state index contributed by atoms with van der Waals surface area (Å²) in [4.78, 5) is 20.1. The van der Waals surface area contributed by atoms with Gasteiger partial charge in [0.25, 0.3) is 11.8 Å². The molecule has 0 radical (unpaired) electrons. The minimum absolute atomic E-state index is 0.329. The first-order valence-electron chi connectivity index (χ1n) is 4.96. The molecule has 0 aromatic heterocycles. The number of hydrogen-bond donors (Lipinski definition) is 1. The van der Waals surface area contributed by atoms with E-state index in [0.29, 0.717) is 0 Å². The van der Waals surface area contributed by atoms with E-state index in [1.54, 1.807) is 13.2 Å². The molecular weight excluding hydrogens is 218 g/mol. The summed E-state index contributed by atoms with van der Waals surface area (Å²) in [5.41, 5.74) is 1.03. The Morgan fingerprint density at radius 2 is 1.76 bits per heavy atom. The van der Waals surface area contributed by atoms with Gasteiger partial charge in [-0.1, -0.05) is 30.9 Å². The van der Waals surface area contributed by atoms with E-state index in [4.69, 9.17) is 4.74 Å². The van der Waals surface area contributed by atoms with E-state index in [1.807, 2.05) is 29.6 Å². The lowest BCUT2D eigenvalue weighted by molar-refractivity contribution is -0.123. The second kappa shape index (κ2) is 6.27. The van der Waals surface area contributed by atoms with Crippen molar-refractivity contribution in [1.82, 2.24) is 5.32 Å². The van der Waals surface area contributed by atoms with Crippen LogP contribution >= 0.6 is 0 Å². The van der Waals surface area contributed by atoms with Crippen molar-refractivity contribution in [2.24, 2.45) is 0 Å². The number of hydrogen-bond acceptors (Lipinski definition) is 3. The Morgan fingerprint density at radius 3 is 2.12 bits per heavy atom. The molecular formula is C13H13NO3. The molecule has 1 aromatic carbocycles. The van der Waals surface area contributed by atoms with Crippen LogP contribution in [0.3, 0.4) is 0 Å². The zero-order valence-electron chi connectivity index (χ0n) is 9.47. The van der Waals surface area contributed by atoms with Crippen molar-refractivity contribution >= 4 is 17.9 Å². The smallest absolute Gasteiger partial charge is 0.250 e. The Bertz CT molecular complexity index is 447. The quantitative estimate of drug-likeness (QED) is 0.785. The Balaban J connectivity index is 0.000000181. The summed E-state index contributed by atoms with van der Waals surface area (Å²) < 4.78 is 5.06. The van der Waals surface area contributed by atoms with E-state index in [1.165, 1.54) is 12.2 Å². The molecule has 0 saturated carbocycles. The lowest BCUT2D eigenvalue weighted by atomic mass is 10.2. The lowest BCUT2D eigenvalue weighted by Crippen LogP contribution is -2.19. The first-order chi connectivity index (χ1) is 8.17. The average molecular weight is 231 g/mol. The standard InChI is InChI=1S/C9H10O.C4H3NO2/c1-3-8-6-4-5-7-9(8)10-2;6-3-1-2-4(7)5-3/h3-7H,1H2,2H3;1-2H,(H,5,6,7). The normalized spacial score (nSPS) is 12.5. The van der Waals surface area contributed by atoms with Crippen LogP contribution in [0.15, 0.2) is 43.0 Å². The highest BCUT2D eigenvalue weighted by Crippen LogP contribution is 2.17. The number of benzene rings is 1. The van der Waals surface area contributed by atoms with Crippen LogP contribution in [0.2, 0.25) is 0 Å². The van der Waals surface area contributed by atoms with Crippen molar-refractivity contribution in [2.45, 2.75) is 0 Å². The van der Waals surface area contributed by atoms with E-state index < -0.39 is 0 Å². The van der Waals surface area contributed by atoms with Crippen LogP contribution in [0.1, 0.15) is 5.56 Å². The van der Waals surface area contributed by atoms with Crippen molar-refractivity contribution in [2.75, 3.05) is 7.11 Å². The van der Waals surface area contributed by atoms with Crippen LogP contribution in [0.4, 0.5) is 0 Å². The fourth-order valence-corrected chi connectivity index (χ4v) is 1.19. The highest BCUT2D eigenvalue weighted by molar-refractivity contribution is 6.12. The maximum atomic E-state index is 10.0. The summed E-state index contributed by atoms with van der Waals surface area (Å²) in [6.45, 7) is 3.66. The summed E-state index contributed by atoms with van der Waals surface area (Å²) in [5.74, 6) is 0.215. The summed E-state index contributed by atoms with van der Waals surface area (Å²) in [6.07, 6.45) is 4.17. The summed E-state index contributed by atoms with van der Waals surface area (Å²) in [6, 6.07) is 7.77. The van der Waals surface area contributed by atoms with Crippen LogP contribution in [-0.4, -0.2) is 18.9 Å². The molecule has 0 unspecified atom stereocenters. The molecule has 1 N–H and O–H groups in total. The SMILES string of the molecule is C=Cc1ccccc1OC.O=C1C=CC(=O)N1. The number of carbonyl (C=O) groups is 2. The Morgan fingerprint density at radius 1 is 1.18 bits per heavy atom. The molecule has 1 aliphatic heterocycles. The number of imide groups is 1. The molecule has 0 atom stereocenters. The van der Waals surface area contributed by atoms with E-state index in [9.17, 15) is 9.59 Å². The maximum absolute atomic E-state index is 10.0. The molecule has 0 aliphatic carbocycles. The molecule has 1 aliphatic rings. The van der Waals surface area contributed by atoms with Crippen LogP contribution in [0.5, 0.6) is 5.75 Å². The van der Waals surface area contributed by atoms with Crippen LogP contribution in [0, 0.1) is 0 Å². The van der Waals surface area contributed by atoms with Crippen LogP contribution in [-0.2, 0) is 9.59 Å². The van der Waals surface area contributed by atoms with Crippen molar-refractivity contribution in [3.8, 4) is 5.75 Å². The number of carbonyl (C=O) groups excluding carboxylic acids is 2. The Kier molecular flexibility index (Phi) is 4.69. The minimum Gasteiger partial charge on any atom is -0.496 e. The van der Waals surface area contributed by atoms with Gasteiger partial charge in [0.15, 0.2) is 0 Å². The minimum atomic E-state index is -0.329. The maximum Gasteiger partial charge on any atom is 0.250 e. The Labute approximate surface area is 99.6 Å². The fourth-order valence-electron chi connectivity index (χ4n) is 1.19. The van der Waals surface area contributed by atoms with Crippen LogP contribution < -0.4 is 10.1 Å². The molecule has 88 valence electrons. The molecule has 4 nitrogen and oxygen atoms in total. The van der Waals surface area contributed by atoms with Gasteiger partial charge in [0.2, 0.25) is 0 Å². The molecule has 0 spiro atoms. The number of methoxy groups -OCH3 is 1. The van der Waals surface area contributed by atoms with Gasteiger partial charge in [-0.3, -0.25) is 14.9 Å². The zero-order chi connectivity index (χ0) is 12.7. The number of ether oxygens (including phenoxy) is 1. The van der Waals surface area contributed by atoms with E-state index >= 15 is 0 Å². The largest absolute Gasteiger partial charge is 0.496 e. The van der Waals surface area contributed by atoms with Gasteiger partial charge in [0, 0.05) is 17.7 Å². The lowest BCUT2D eigenvalue weighted by Gasteiger charge is -2.01. The summed E-state index contributed by atoms with van der Waals surface area (Å²) in [7, 11) is 1.66. The monoisotopic (exact) mass is 231 g/mol. The number of amides is 2. The number of para-hydroxylation sites is 1. The highest BCUT2D eigenvalue weighted by atomic mass is 16.5. The third kappa shape index (κ3) is 3.95. The van der Waals surface area contributed by atoms with Crippen molar-refractivity contribution < 1.29 is 14.3 Å². The molecule has 1 heterocycles. The van der Waals surface area contributed by atoms with Gasteiger partial charge in [-0.25, -0.2) is 0 Å². The third-order valence-electron chi connectivity index (χ3n) is 1.99. The predicted molar refractivity (Wildman–Crippen MR) is 65.4 cm³/mol. The van der Waals surface area contributed by atoms with Crippen molar-refractivity contribution in [3.05, 3.63) is 48.6 Å². The van der Waals surface area contributed by atoms with E-state index in [0.717, 1.165) is 11.3 Å². The fraction of sp³-hybridized carbons (Fsp3) is 0.0769. The van der Waals surface area contributed by atoms with Gasteiger partial charge in [-0.05, 0) is 6.07 Å². The Hall–Kier alpha value is -2.36. The molecule has 2 rings (SSSR count). The summed E-state index contributed by atoms with van der Waals surface area (Å²) >= 11 is 0. The zero-order valence-corrected chi connectivity index (χ0v) is 9.47. The number of rotatable bonds is 2. The highest BCUT2D eigenvalue weighted by Gasteiger charge is 2.06. The van der Waals surface area contributed by atoms with Gasteiger partial charge in [-0.2, -0.15) is 0 Å². The van der Waals surface area contributed by atoms with Gasteiger partial charge < -0.3 is 4.74 Å². The second-order valence-electron chi connectivity index (χ2n) is 3.13. The number of nitrogens with one attached hydrogen (secondary N) is 1. The molecule has 17 heavy (non-hydrogen) atoms. The molecule has 0 bridgehead atoms. The first kappa shape index (κ1) is 12.7. The van der Waals surface area contributed by atoms with Crippen molar-refractivity contribution in [1.29, 1.82) is 0 Å². The van der Waals surface area contributed by atoms with Gasteiger partial charge >= 0.3 is 0 Å². The van der Waals surface area contributed by atoms with Gasteiger partial charge in [-0.15, -0.1) is 0 Å². The third-order valence-corrected chi connectivity index (χ3v) is 1.99. The molecule has 2 amide bonds. The topological polar surface area (TPSA) is 55.4 Å². The van der Waals surface area contributed by atoms with Gasteiger partial charge in [0.05, 0.1) is 7.11 Å². The predicted octanol–water partition coefficient (Wildman–Crippen LogP) is 1.54. The molecule has 1 aromatic rings. The van der Waals surface area contributed by atoms with E-state index in [2.05, 4.69) is 6.58 Å². The summed E-state index contributed by atoms with van der Waals surface area (Å²) in [5, 5.41) is 2.03. The first-order valence-corrected chi connectivity index (χ1v) is 4.96. The molecule has 4 heteroatoms. The van der Waals surface area contributed by atoms with Gasteiger partial charge in [0.1, 0.15) is 5.75 Å². The molecule has 0 fully saturated rings. The average Bonchev–Trinajstić information content (AvgIpc) is 2.73. The molecule has 0 saturated heterocycles. The van der Waals surface area contributed by atoms with Crippen molar-refractivity contribution in [3.63, 3.8) is 0 Å². The second-order valence-corrected chi connectivity index (χ2v) is 3.13. The van der Waals surface area contributed by atoms with Crippen LogP contribution in [0.25, 0.3) is 6.08 Å².